The van der Waals surface area contributed by atoms with E-state index < -0.39 is 0 Å². The SMILES string of the molecule is O.[Na+].[Na+].[Na+].[Na+].[OH-].[OH-].[OH-].[OH-]. The first-order valence-corrected chi connectivity index (χ1v) is 0. The molecule has 9 heteroatoms. The Morgan fingerprint density at radius 1 is 0.333 bits per heavy atom. The van der Waals surface area contributed by atoms with E-state index in [0.29, 0.717) is 0 Å². The Morgan fingerprint density at radius 3 is 0.333 bits per heavy atom. The van der Waals surface area contributed by atoms with Gasteiger partial charge in [0.25, 0.3) is 0 Å². The van der Waals surface area contributed by atoms with Crippen LogP contribution in [0.5, 0.6) is 0 Å². The molecule has 5 nitrogen and oxygen atoms in total. The summed E-state index contributed by atoms with van der Waals surface area (Å²) in [5, 5.41) is 0. The minimum atomic E-state index is 0. The van der Waals surface area contributed by atoms with Gasteiger partial charge in [-0.15, -0.1) is 0 Å². The molecule has 0 aromatic rings. The van der Waals surface area contributed by atoms with Crippen molar-refractivity contribution in [3.8, 4) is 0 Å². The van der Waals surface area contributed by atoms with E-state index in [-0.39, 0.29) is 146 Å². The molecule has 0 aliphatic carbocycles. The van der Waals surface area contributed by atoms with Crippen LogP contribution in [-0.2, 0) is 0 Å². The first-order valence-electron chi connectivity index (χ1n) is 0. The molecule has 0 rings (SSSR count). The van der Waals surface area contributed by atoms with Crippen molar-refractivity contribution in [3.63, 3.8) is 0 Å². The maximum Gasteiger partial charge on any atom is 1.00 e. The first-order chi connectivity index (χ1) is 0. The molecule has 0 aromatic heterocycles. The average molecular weight is 178 g/mol. The third-order valence-corrected chi connectivity index (χ3v) is 0. The summed E-state index contributed by atoms with van der Waals surface area (Å²) in [6, 6.07) is 0. The van der Waals surface area contributed by atoms with Gasteiger partial charge in [-0.25, -0.2) is 0 Å². The Morgan fingerprint density at radius 2 is 0.333 bits per heavy atom. The van der Waals surface area contributed by atoms with Crippen molar-refractivity contribution >= 4 is 0 Å². The van der Waals surface area contributed by atoms with Gasteiger partial charge in [0.2, 0.25) is 0 Å². The summed E-state index contributed by atoms with van der Waals surface area (Å²) < 4.78 is 0. The molecule has 0 spiro atoms. The van der Waals surface area contributed by atoms with Gasteiger partial charge >= 0.3 is 118 Å². The van der Waals surface area contributed by atoms with Gasteiger partial charge in [-0.1, -0.05) is 0 Å². The minimum absolute atomic E-state index is 0. The predicted molar refractivity (Wildman–Crippen MR) is 11.4 cm³/mol. The molecule has 0 aliphatic heterocycles. The summed E-state index contributed by atoms with van der Waals surface area (Å²) in [6.45, 7) is 0. The maximum absolute atomic E-state index is 0. The number of hydrogen-bond donors (Lipinski definition) is 0. The fourth-order valence-corrected chi connectivity index (χ4v) is 0. The third kappa shape index (κ3) is 78.5. The normalized spacial score (nSPS) is 0. The topological polar surface area (TPSA) is 152 Å². The Kier molecular flexibility index (Phi) is 1310. The van der Waals surface area contributed by atoms with Gasteiger partial charge in [-0.05, 0) is 0 Å². The zero-order chi connectivity index (χ0) is 0. The molecule has 0 bridgehead atoms. The molecule has 0 heterocycles. The molecule has 0 saturated carbocycles. The number of hydrogen-bond acceptors (Lipinski definition) is 4. The van der Waals surface area contributed by atoms with Crippen molar-refractivity contribution in [2.45, 2.75) is 0 Å². The van der Waals surface area contributed by atoms with E-state index in [1.165, 1.54) is 0 Å². The summed E-state index contributed by atoms with van der Waals surface area (Å²) >= 11 is 0. The number of rotatable bonds is 0. The van der Waals surface area contributed by atoms with Crippen LogP contribution in [0.25, 0.3) is 0 Å². The van der Waals surface area contributed by atoms with Gasteiger partial charge in [-0.3, -0.25) is 0 Å². The van der Waals surface area contributed by atoms with E-state index in [2.05, 4.69) is 0 Å². The van der Waals surface area contributed by atoms with E-state index in [1.807, 2.05) is 0 Å². The Hall–Kier alpha value is 3.80. The van der Waals surface area contributed by atoms with Crippen molar-refractivity contribution in [3.05, 3.63) is 0 Å². The molecule has 0 saturated heterocycles. The monoisotopic (exact) mass is 178 g/mol. The largest absolute Gasteiger partial charge is 1.00 e. The zero-order valence-corrected chi connectivity index (χ0v) is 14.3. The van der Waals surface area contributed by atoms with Crippen LogP contribution in [0.4, 0.5) is 0 Å². The van der Waals surface area contributed by atoms with E-state index in [1.54, 1.807) is 0 Å². The molecular formula is H6Na4O5. The second kappa shape index (κ2) is 95.3. The Bertz CT molecular complexity index is 8.92. The van der Waals surface area contributed by atoms with Crippen LogP contribution in [0, 0.1) is 0 Å². The van der Waals surface area contributed by atoms with Gasteiger partial charge in [0, 0.05) is 0 Å². The van der Waals surface area contributed by atoms with E-state index in [4.69, 9.17) is 0 Å². The van der Waals surface area contributed by atoms with Crippen molar-refractivity contribution in [2.24, 2.45) is 0 Å². The molecule has 9 heavy (non-hydrogen) atoms. The summed E-state index contributed by atoms with van der Waals surface area (Å²) in [4.78, 5) is 0. The quantitative estimate of drug-likeness (QED) is 0.338. The van der Waals surface area contributed by atoms with Gasteiger partial charge in [0.1, 0.15) is 0 Å². The van der Waals surface area contributed by atoms with Crippen LogP contribution in [0.15, 0.2) is 0 Å². The molecule has 0 amide bonds. The molecule has 0 radical (unpaired) electrons. The summed E-state index contributed by atoms with van der Waals surface area (Å²) in [6.07, 6.45) is 0. The Labute approximate surface area is 142 Å². The van der Waals surface area contributed by atoms with Gasteiger partial charge in [0.15, 0.2) is 0 Å². The van der Waals surface area contributed by atoms with E-state index in [9.17, 15) is 0 Å². The van der Waals surface area contributed by atoms with Gasteiger partial charge in [-0.2, -0.15) is 0 Å². The molecule has 0 atom stereocenters. The molecule has 6 N–H and O–H groups in total. The van der Waals surface area contributed by atoms with Crippen LogP contribution >= 0.6 is 0 Å². The van der Waals surface area contributed by atoms with Crippen LogP contribution in [0.3, 0.4) is 0 Å². The third-order valence-electron chi connectivity index (χ3n) is 0. The van der Waals surface area contributed by atoms with Crippen LogP contribution in [0.2, 0.25) is 0 Å². The summed E-state index contributed by atoms with van der Waals surface area (Å²) in [7, 11) is 0. The molecular weight excluding hydrogens is 172 g/mol. The molecule has 0 fully saturated rings. The minimum Gasteiger partial charge on any atom is -0.870 e. The average Bonchev–Trinajstić information content (AvgIpc) is 0. The van der Waals surface area contributed by atoms with Crippen molar-refractivity contribution in [1.82, 2.24) is 0 Å². The molecule has 0 aromatic carbocycles. The van der Waals surface area contributed by atoms with Crippen molar-refractivity contribution < 1.29 is 146 Å². The van der Waals surface area contributed by atoms with Crippen LogP contribution in [0.1, 0.15) is 0 Å². The zero-order valence-electron chi connectivity index (χ0n) is 6.29. The second-order valence-electron chi connectivity index (χ2n) is 0. The van der Waals surface area contributed by atoms with E-state index in [0.717, 1.165) is 0 Å². The molecule has 0 aliphatic rings. The van der Waals surface area contributed by atoms with Crippen LogP contribution in [-0.4, -0.2) is 27.4 Å². The maximum atomic E-state index is 0. The summed E-state index contributed by atoms with van der Waals surface area (Å²) in [5.74, 6) is 0. The smallest absolute Gasteiger partial charge is 0.870 e. The summed E-state index contributed by atoms with van der Waals surface area (Å²) in [5.41, 5.74) is 0. The molecule has 40 valence electrons. The Balaban J connectivity index is 0. The fraction of sp³-hybridized carbons (Fsp3) is 0. The molecule has 0 unspecified atom stereocenters. The second-order valence-corrected chi connectivity index (χ2v) is 0. The van der Waals surface area contributed by atoms with Crippen molar-refractivity contribution in [1.29, 1.82) is 0 Å². The standard InChI is InChI=1S/4Na.5H2O/h;;;;5*1H2/q4*+1;;;;;/p-4. The van der Waals surface area contributed by atoms with Gasteiger partial charge in [0.05, 0.1) is 0 Å². The van der Waals surface area contributed by atoms with Gasteiger partial charge < -0.3 is 27.4 Å². The van der Waals surface area contributed by atoms with Crippen molar-refractivity contribution in [2.75, 3.05) is 0 Å². The van der Waals surface area contributed by atoms with Crippen LogP contribution < -0.4 is 118 Å². The predicted octanol–water partition coefficient (Wildman–Crippen LogP) is -13.5. The first kappa shape index (κ1) is 123. The van der Waals surface area contributed by atoms with E-state index >= 15 is 0 Å². The fourth-order valence-electron chi connectivity index (χ4n) is 0.